The molecule has 1 heterocycles. The van der Waals surface area contributed by atoms with E-state index >= 15 is 0 Å². The summed E-state index contributed by atoms with van der Waals surface area (Å²) in [6.45, 7) is 2.47. The van der Waals surface area contributed by atoms with Crippen LogP contribution in [-0.2, 0) is 12.6 Å². The number of benzene rings is 2. The Morgan fingerprint density at radius 2 is 1.79 bits per heavy atom. The summed E-state index contributed by atoms with van der Waals surface area (Å²) in [4.78, 5) is 8.58. The van der Waals surface area contributed by atoms with Crippen LogP contribution in [0, 0.1) is 0 Å². The van der Waals surface area contributed by atoms with Crippen LogP contribution in [0.5, 0.6) is 0 Å². The number of hydrogen-bond donors (Lipinski definition) is 2. The van der Waals surface area contributed by atoms with Crippen molar-refractivity contribution in [3.8, 4) is 0 Å². The molecule has 2 N–H and O–H groups in total. The Balaban J connectivity index is 1.56. The van der Waals surface area contributed by atoms with Gasteiger partial charge in [-0.05, 0) is 36.6 Å². The van der Waals surface area contributed by atoms with Crippen LogP contribution in [0.3, 0.4) is 0 Å². The molecule has 0 bridgehead atoms. The molecular formula is C21H21F3N4. The molecule has 1 aromatic heterocycles. The van der Waals surface area contributed by atoms with Gasteiger partial charge < -0.3 is 10.6 Å². The van der Waals surface area contributed by atoms with Crippen molar-refractivity contribution in [1.82, 2.24) is 9.97 Å². The average Bonchev–Trinajstić information content (AvgIpc) is 2.68. The van der Waals surface area contributed by atoms with Gasteiger partial charge in [0.15, 0.2) is 0 Å². The van der Waals surface area contributed by atoms with E-state index < -0.39 is 11.7 Å². The molecular weight excluding hydrogens is 365 g/mol. The summed E-state index contributed by atoms with van der Waals surface area (Å²) in [5.74, 6) is 1.10. The smallest absolute Gasteiger partial charge is 0.363 e. The minimum atomic E-state index is -4.33. The quantitative estimate of drug-likeness (QED) is 0.577. The number of aromatic nitrogens is 2. The fourth-order valence-electron chi connectivity index (χ4n) is 2.79. The summed E-state index contributed by atoms with van der Waals surface area (Å²) in [5.41, 5.74) is 1.11. The van der Waals surface area contributed by atoms with Gasteiger partial charge in [-0.15, -0.1) is 0 Å². The van der Waals surface area contributed by atoms with Crippen LogP contribution in [0.15, 0.2) is 66.9 Å². The Morgan fingerprint density at radius 3 is 2.54 bits per heavy atom. The fraction of sp³-hybridized carbons (Fsp3) is 0.238. The first-order chi connectivity index (χ1) is 13.4. The number of hydrogen-bond acceptors (Lipinski definition) is 4. The standard InChI is InChI=1S/C21H21F3N4/c1-15(17-7-3-2-4-8-17)27-19-11-13-26-20(28-19)25-12-10-16-6-5-9-18(14-16)21(22,23)24/h2-9,11,13-15H,10,12H2,1H3,(H2,25,26,27,28). The van der Waals surface area contributed by atoms with Gasteiger partial charge in [0.25, 0.3) is 0 Å². The Morgan fingerprint density at radius 1 is 1.00 bits per heavy atom. The molecule has 3 rings (SSSR count). The first kappa shape index (κ1) is 19.7. The van der Waals surface area contributed by atoms with E-state index in [-0.39, 0.29) is 6.04 Å². The topological polar surface area (TPSA) is 49.8 Å². The first-order valence-electron chi connectivity index (χ1n) is 8.96. The molecule has 0 saturated heterocycles. The summed E-state index contributed by atoms with van der Waals surface area (Å²) in [7, 11) is 0. The van der Waals surface area contributed by atoms with Gasteiger partial charge in [-0.25, -0.2) is 4.98 Å². The number of rotatable bonds is 7. The predicted molar refractivity (Wildman–Crippen MR) is 104 cm³/mol. The molecule has 1 atom stereocenters. The van der Waals surface area contributed by atoms with E-state index in [1.165, 1.54) is 12.1 Å². The zero-order valence-corrected chi connectivity index (χ0v) is 15.4. The maximum atomic E-state index is 12.8. The maximum absolute atomic E-state index is 12.8. The van der Waals surface area contributed by atoms with E-state index in [1.807, 2.05) is 37.3 Å². The van der Waals surface area contributed by atoms with Gasteiger partial charge in [0.05, 0.1) is 5.56 Å². The number of nitrogens with zero attached hydrogens (tertiary/aromatic N) is 2. The van der Waals surface area contributed by atoms with Gasteiger partial charge in [-0.2, -0.15) is 18.2 Å². The van der Waals surface area contributed by atoms with Crippen LogP contribution in [-0.4, -0.2) is 16.5 Å². The number of nitrogens with one attached hydrogen (secondary N) is 2. The third-order valence-corrected chi connectivity index (χ3v) is 4.27. The fourth-order valence-corrected chi connectivity index (χ4v) is 2.79. The van der Waals surface area contributed by atoms with E-state index in [0.29, 0.717) is 30.3 Å². The molecule has 1 unspecified atom stereocenters. The zero-order chi connectivity index (χ0) is 20.0. The molecule has 146 valence electrons. The average molecular weight is 386 g/mol. The molecule has 0 aliphatic rings. The lowest BCUT2D eigenvalue weighted by molar-refractivity contribution is -0.137. The lowest BCUT2D eigenvalue weighted by Crippen LogP contribution is -2.12. The zero-order valence-electron chi connectivity index (χ0n) is 15.4. The van der Waals surface area contributed by atoms with Crippen LogP contribution < -0.4 is 10.6 Å². The molecule has 0 aliphatic carbocycles. The molecule has 0 fully saturated rings. The third-order valence-electron chi connectivity index (χ3n) is 4.27. The molecule has 0 amide bonds. The molecule has 3 aromatic rings. The van der Waals surface area contributed by atoms with Crippen LogP contribution in [0.25, 0.3) is 0 Å². The van der Waals surface area contributed by atoms with Crippen LogP contribution >= 0.6 is 0 Å². The Bertz CT molecular complexity index is 897. The second-order valence-corrected chi connectivity index (χ2v) is 6.42. The Hall–Kier alpha value is -3.09. The predicted octanol–water partition coefficient (Wildman–Crippen LogP) is 5.32. The molecule has 2 aromatic carbocycles. The van der Waals surface area contributed by atoms with Gasteiger partial charge in [0.2, 0.25) is 5.95 Å². The molecule has 0 radical (unpaired) electrons. The van der Waals surface area contributed by atoms with Crippen molar-refractivity contribution in [1.29, 1.82) is 0 Å². The lowest BCUT2D eigenvalue weighted by Gasteiger charge is -2.15. The third kappa shape index (κ3) is 5.45. The van der Waals surface area contributed by atoms with E-state index in [1.54, 1.807) is 18.3 Å². The maximum Gasteiger partial charge on any atom is 0.416 e. The highest BCUT2D eigenvalue weighted by Crippen LogP contribution is 2.29. The summed E-state index contributed by atoms with van der Waals surface area (Å²) < 4.78 is 38.4. The highest BCUT2D eigenvalue weighted by Gasteiger charge is 2.30. The molecule has 7 heteroatoms. The second kappa shape index (κ2) is 8.73. The first-order valence-corrected chi connectivity index (χ1v) is 8.96. The highest BCUT2D eigenvalue weighted by atomic mass is 19.4. The number of alkyl halides is 3. The van der Waals surface area contributed by atoms with Gasteiger partial charge in [-0.1, -0.05) is 48.5 Å². The van der Waals surface area contributed by atoms with Crippen LogP contribution in [0.4, 0.5) is 24.9 Å². The Labute approximate surface area is 161 Å². The normalized spacial score (nSPS) is 12.4. The number of anilines is 2. The van der Waals surface area contributed by atoms with Crippen molar-refractivity contribution in [3.05, 3.63) is 83.6 Å². The second-order valence-electron chi connectivity index (χ2n) is 6.42. The van der Waals surface area contributed by atoms with Crippen molar-refractivity contribution in [2.45, 2.75) is 25.6 Å². The van der Waals surface area contributed by atoms with E-state index in [0.717, 1.165) is 11.6 Å². The van der Waals surface area contributed by atoms with Crippen molar-refractivity contribution in [2.75, 3.05) is 17.2 Å². The van der Waals surface area contributed by atoms with E-state index in [4.69, 9.17) is 0 Å². The molecule has 4 nitrogen and oxygen atoms in total. The van der Waals surface area contributed by atoms with E-state index in [2.05, 4.69) is 20.6 Å². The summed E-state index contributed by atoms with van der Waals surface area (Å²) in [6, 6.07) is 17.2. The van der Waals surface area contributed by atoms with Crippen molar-refractivity contribution in [3.63, 3.8) is 0 Å². The largest absolute Gasteiger partial charge is 0.416 e. The summed E-state index contributed by atoms with van der Waals surface area (Å²) in [6.07, 6.45) is -2.26. The monoisotopic (exact) mass is 386 g/mol. The van der Waals surface area contributed by atoms with Gasteiger partial charge in [-0.3, -0.25) is 0 Å². The van der Waals surface area contributed by atoms with E-state index in [9.17, 15) is 13.2 Å². The molecule has 0 aliphatic heterocycles. The summed E-state index contributed by atoms with van der Waals surface area (Å²) in [5, 5.41) is 6.38. The van der Waals surface area contributed by atoms with Crippen LogP contribution in [0.2, 0.25) is 0 Å². The number of halogens is 3. The Kier molecular flexibility index (Phi) is 6.13. The molecule has 0 saturated carbocycles. The molecule has 28 heavy (non-hydrogen) atoms. The van der Waals surface area contributed by atoms with Crippen LogP contribution in [0.1, 0.15) is 29.7 Å². The van der Waals surface area contributed by atoms with Gasteiger partial charge >= 0.3 is 6.18 Å². The minimum absolute atomic E-state index is 0.0778. The molecule has 0 spiro atoms. The highest BCUT2D eigenvalue weighted by molar-refractivity contribution is 5.42. The van der Waals surface area contributed by atoms with Gasteiger partial charge in [0.1, 0.15) is 5.82 Å². The minimum Gasteiger partial charge on any atom is -0.363 e. The van der Waals surface area contributed by atoms with Gasteiger partial charge in [0, 0.05) is 18.8 Å². The SMILES string of the molecule is CC(Nc1ccnc(NCCc2cccc(C(F)(F)F)c2)n1)c1ccccc1. The van der Waals surface area contributed by atoms with Crippen molar-refractivity contribution < 1.29 is 13.2 Å². The summed E-state index contributed by atoms with van der Waals surface area (Å²) >= 11 is 0. The van der Waals surface area contributed by atoms with Crippen molar-refractivity contribution in [2.24, 2.45) is 0 Å². The lowest BCUT2D eigenvalue weighted by atomic mass is 10.1. The van der Waals surface area contributed by atoms with Crippen molar-refractivity contribution >= 4 is 11.8 Å².